The van der Waals surface area contributed by atoms with E-state index in [1.165, 1.54) is 0 Å². The number of phenolic OH excluding ortho intramolecular Hbond substituents is 1. The third-order valence-electron chi connectivity index (χ3n) is 5.81. The van der Waals surface area contributed by atoms with Gasteiger partial charge in [-0.3, -0.25) is 4.79 Å². The lowest BCUT2D eigenvalue weighted by atomic mass is 10.0. The van der Waals surface area contributed by atoms with Crippen LogP contribution in [0, 0.1) is 0 Å². The molecule has 2 heterocycles. The number of nitrogens with zero attached hydrogens (tertiary/aromatic N) is 6. The molecule has 2 N–H and O–H groups in total. The number of nitrogens with one attached hydrogen (secondary N) is 1. The monoisotopic (exact) mass is 485 g/mol. The fraction of sp³-hybridized carbons (Fsp3) is 0. The smallest absolute Gasteiger partial charge is 0.259 e. The molecule has 6 aromatic rings. The van der Waals surface area contributed by atoms with Crippen molar-refractivity contribution in [3.8, 4) is 11.7 Å². The number of carbonyl (C=O) groups excluding carboxylic acids is 1. The highest BCUT2D eigenvalue weighted by Crippen LogP contribution is 2.40. The van der Waals surface area contributed by atoms with E-state index in [0.29, 0.717) is 22.5 Å². The summed E-state index contributed by atoms with van der Waals surface area (Å²) in [5.41, 5.74) is 2.29. The summed E-state index contributed by atoms with van der Waals surface area (Å²) in [5, 5.41) is 24.1. The topological polar surface area (TPSA) is 118 Å². The number of rotatable bonds is 5. The van der Waals surface area contributed by atoms with Crippen molar-refractivity contribution < 1.29 is 9.90 Å². The van der Waals surface area contributed by atoms with Gasteiger partial charge in [-0.15, -0.1) is 10.2 Å². The van der Waals surface area contributed by atoms with Gasteiger partial charge in [0.15, 0.2) is 5.75 Å². The van der Waals surface area contributed by atoms with Crippen LogP contribution in [0.5, 0.6) is 5.75 Å². The number of hydrogen-bond acceptors (Lipinski definition) is 7. The van der Waals surface area contributed by atoms with Crippen molar-refractivity contribution in [3.05, 3.63) is 109 Å². The van der Waals surface area contributed by atoms with Gasteiger partial charge in [-0.2, -0.15) is 0 Å². The van der Waals surface area contributed by atoms with Gasteiger partial charge in [-0.05, 0) is 41.8 Å². The van der Waals surface area contributed by atoms with Crippen LogP contribution in [0.3, 0.4) is 0 Å². The van der Waals surface area contributed by atoms with Gasteiger partial charge in [-0.1, -0.05) is 54.6 Å². The van der Waals surface area contributed by atoms with Crippen LogP contribution in [0.25, 0.3) is 27.8 Å². The maximum absolute atomic E-state index is 13.1. The first-order chi connectivity index (χ1) is 18.2. The third-order valence-corrected chi connectivity index (χ3v) is 5.81. The van der Waals surface area contributed by atoms with Gasteiger partial charge in [0.05, 0.1) is 16.6 Å². The Kier molecular flexibility index (Phi) is 5.55. The highest BCUT2D eigenvalue weighted by Gasteiger charge is 2.19. The second kappa shape index (κ2) is 9.31. The van der Waals surface area contributed by atoms with E-state index in [-0.39, 0.29) is 22.9 Å². The Labute approximate surface area is 210 Å². The Morgan fingerprint density at radius 2 is 1.57 bits per heavy atom. The summed E-state index contributed by atoms with van der Waals surface area (Å²) in [6.45, 7) is 0. The minimum Gasteiger partial charge on any atom is -0.505 e. The van der Waals surface area contributed by atoms with Crippen molar-refractivity contribution in [1.29, 1.82) is 0 Å². The minimum absolute atomic E-state index is 0.0800. The Morgan fingerprint density at radius 1 is 0.838 bits per heavy atom. The fourth-order valence-corrected chi connectivity index (χ4v) is 4.09. The Balaban J connectivity index is 1.48. The SMILES string of the molecule is O=C(Nc1ccccc1)c1cc2ccccc2c(/N=N/c2nc3ccccc3n2-c2ncccn2)c1O. The predicted octanol–water partition coefficient (Wildman–Crippen LogP) is 6.34. The number of amides is 1. The van der Waals surface area contributed by atoms with Crippen LogP contribution >= 0.6 is 0 Å². The summed E-state index contributed by atoms with van der Waals surface area (Å²) in [4.78, 5) is 26.4. The standard InChI is InChI=1S/C28H19N7O2/c36-25-21(26(37)31-19-10-2-1-3-11-19)17-18-9-4-5-12-20(18)24(25)33-34-28-32-22-13-6-7-14-23(22)35(28)27-29-15-8-16-30-27/h1-17,36H,(H,31,37)/b34-33+. The number of phenols is 1. The zero-order chi connectivity index (χ0) is 25.2. The molecule has 0 atom stereocenters. The second-order valence-electron chi connectivity index (χ2n) is 8.15. The van der Waals surface area contributed by atoms with E-state index < -0.39 is 5.91 Å². The summed E-state index contributed by atoms with van der Waals surface area (Å²) in [6.07, 6.45) is 3.26. The lowest BCUT2D eigenvalue weighted by Gasteiger charge is -2.11. The Bertz CT molecular complexity index is 1780. The summed E-state index contributed by atoms with van der Waals surface area (Å²) in [5.74, 6) is -0.129. The molecule has 0 bridgehead atoms. The number of benzene rings is 4. The molecule has 0 spiro atoms. The first kappa shape index (κ1) is 22.1. The van der Waals surface area contributed by atoms with Gasteiger partial charge in [0.2, 0.25) is 5.95 Å². The number of carbonyl (C=O) groups is 1. The zero-order valence-electron chi connectivity index (χ0n) is 19.4. The molecule has 0 saturated carbocycles. The normalized spacial score (nSPS) is 11.4. The van der Waals surface area contributed by atoms with Crippen LogP contribution in [0.1, 0.15) is 10.4 Å². The van der Waals surface area contributed by atoms with E-state index in [0.717, 1.165) is 10.9 Å². The van der Waals surface area contributed by atoms with E-state index in [4.69, 9.17) is 0 Å². The van der Waals surface area contributed by atoms with E-state index >= 15 is 0 Å². The van der Waals surface area contributed by atoms with E-state index in [2.05, 4.69) is 30.5 Å². The van der Waals surface area contributed by atoms with E-state index in [1.807, 2.05) is 66.7 Å². The van der Waals surface area contributed by atoms with E-state index in [9.17, 15) is 9.90 Å². The highest BCUT2D eigenvalue weighted by atomic mass is 16.3. The summed E-state index contributed by atoms with van der Waals surface area (Å²) in [7, 11) is 0. The number of anilines is 1. The summed E-state index contributed by atoms with van der Waals surface area (Å²) >= 11 is 0. The molecule has 0 aliphatic rings. The fourth-order valence-electron chi connectivity index (χ4n) is 4.09. The minimum atomic E-state index is -0.462. The molecule has 178 valence electrons. The van der Waals surface area contributed by atoms with Crippen LogP contribution in [-0.4, -0.2) is 30.5 Å². The predicted molar refractivity (Wildman–Crippen MR) is 141 cm³/mol. The third kappa shape index (κ3) is 4.14. The molecule has 1 amide bonds. The average molecular weight is 486 g/mol. The molecule has 0 saturated heterocycles. The van der Waals surface area contributed by atoms with Crippen LogP contribution in [0.2, 0.25) is 0 Å². The van der Waals surface area contributed by atoms with Crippen LogP contribution in [0.15, 0.2) is 114 Å². The molecule has 2 aromatic heterocycles. The number of fused-ring (bicyclic) bond motifs is 2. The maximum atomic E-state index is 13.1. The lowest BCUT2D eigenvalue weighted by molar-refractivity contribution is 0.102. The molecule has 0 aliphatic heterocycles. The first-order valence-corrected chi connectivity index (χ1v) is 11.5. The molecule has 9 heteroatoms. The number of aromatic nitrogens is 4. The molecule has 9 nitrogen and oxygen atoms in total. The quantitative estimate of drug-likeness (QED) is 0.276. The van der Waals surface area contributed by atoms with Crippen LogP contribution < -0.4 is 5.32 Å². The second-order valence-corrected chi connectivity index (χ2v) is 8.15. The zero-order valence-corrected chi connectivity index (χ0v) is 19.4. The van der Waals surface area contributed by atoms with Crippen molar-refractivity contribution in [2.45, 2.75) is 0 Å². The van der Waals surface area contributed by atoms with Crippen molar-refractivity contribution in [2.24, 2.45) is 10.2 Å². The van der Waals surface area contributed by atoms with Crippen LogP contribution in [-0.2, 0) is 0 Å². The van der Waals surface area contributed by atoms with Gasteiger partial charge < -0.3 is 10.4 Å². The summed E-state index contributed by atoms with van der Waals surface area (Å²) < 4.78 is 1.68. The van der Waals surface area contributed by atoms with E-state index in [1.54, 1.807) is 41.2 Å². The number of azo groups is 1. The molecule has 0 aliphatic carbocycles. The maximum Gasteiger partial charge on any atom is 0.259 e. The summed E-state index contributed by atoms with van der Waals surface area (Å²) in [6, 6.07) is 27.2. The van der Waals surface area contributed by atoms with Crippen molar-refractivity contribution >= 4 is 45.0 Å². The Morgan fingerprint density at radius 3 is 2.41 bits per heavy atom. The van der Waals surface area contributed by atoms with Gasteiger partial charge >= 0.3 is 0 Å². The molecule has 6 rings (SSSR count). The number of imidazole rings is 1. The largest absolute Gasteiger partial charge is 0.505 e. The molecule has 37 heavy (non-hydrogen) atoms. The number of para-hydroxylation sites is 3. The Hall–Kier alpha value is -5.44. The molecule has 0 fully saturated rings. The first-order valence-electron chi connectivity index (χ1n) is 11.5. The van der Waals surface area contributed by atoms with Gasteiger partial charge in [0.25, 0.3) is 11.9 Å². The highest BCUT2D eigenvalue weighted by molar-refractivity contribution is 6.11. The average Bonchev–Trinajstić information content (AvgIpc) is 3.31. The van der Waals surface area contributed by atoms with Gasteiger partial charge in [-0.25, -0.2) is 19.5 Å². The number of hydrogen-bond donors (Lipinski definition) is 2. The number of aromatic hydroxyl groups is 1. The van der Waals surface area contributed by atoms with Gasteiger partial charge in [0, 0.05) is 23.5 Å². The lowest BCUT2D eigenvalue weighted by Crippen LogP contribution is -2.12. The van der Waals surface area contributed by atoms with Crippen molar-refractivity contribution in [2.75, 3.05) is 5.32 Å². The molecular formula is C28H19N7O2. The molecule has 4 aromatic carbocycles. The van der Waals surface area contributed by atoms with Gasteiger partial charge in [0.1, 0.15) is 5.69 Å². The molecular weight excluding hydrogens is 466 g/mol. The van der Waals surface area contributed by atoms with Crippen molar-refractivity contribution in [3.63, 3.8) is 0 Å². The molecule has 0 unspecified atom stereocenters. The molecule has 0 radical (unpaired) electrons. The van der Waals surface area contributed by atoms with Crippen LogP contribution in [0.4, 0.5) is 17.3 Å². The van der Waals surface area contributed by atoms with Crippen molar-refractivity contribution in [1.82, 2.24) is 19.5 Å².